The summed E-state index contributed by atoms with van der Waals surface area (Å²) in [6.45, 7) is 4.17. The first-order valence-electron chi connectivity index (χ1n) is 12.1. The summed E-state index contributed by atoms with van der Waals surface area (Å²) >= 11 is 0. The number of aromatic nitrogens is 1. The van der Waals surface area contributed by atoms with Gasteiger partial charge >= 0.3 is 6.03 Å². The lowest BCUT2D eigenvalue weighted by atomic mass is 9.87. The lowest BCUT2D eigenvalue weighted by Gasteiger charge is -2.35. The van der Waals surface area contributed by atoms with Gasteiger partial charge in [0, 0.05) is 23.0 Å². The van der Waals surface area contributed by atoms with Crippen molar-refractivity contribution in [3.05, 3.63) is 101 Å². The second-order valence-electron chi connectivity index (χ2n) is 9.58. The molecule has 180 valence electrons. The number of carbonyl (C=O) groups is 3. The van der Waals surface area contributed by atoms with Crippen molar-refractivity contribution in [3.8, 4) is 0 Å². The fourth-order valence-electron chi connectivity index (χ4n) is 5.51. The Morgan fingerprint density at radius 1 is 1.00 bits per heavy atom. The molecule has 6 rings (SSSR count). The van der Waals surface area contributed by atoms with E-state index in [1.807, 2.05) is 61.5 Å². The zero-order valence-corrected chi connectivity index (χ0v) is 20.1. The molecule has 7 nitrogen and oxygen atoms in total. The molecule has 1 aromatic heterocycles. The fourth-order valence-corrected chi connectivity index (χ4v) is 5.51. The van der Waals surface area contributed by atoms with Crippen LogP contribution in [0.3, 0.4) is 0 Å². The number of nitrogens with one attached hydrogen (secondary N) is 2. The predicted molar refractivity (Wildman–Crippen MR) is 138 cm³/mol. The molecule has 0 spiro atoms. The van der Waals surface area contributed by atoms with E-state index in [0.717, 1.165) is 27.7 Å². The van der Waals surface area contributed by atoms with Crippen LogP contribution in [0.4, 0.5) is 10.5 Å². The average molecular weight is 479 g/mol. The van der Waals surface area contributed by atoms with Crippen LogP contribution >= 0.6 is 0 Å². The molecule has 2 aliphatic heterocycles. The Morgan fingerprint density at radius 2 is 1.75 bits per heavy atom. The summed E-state index contributed by atoms with van der Waals surface area (Å²) in [5.41, 5.74) is 3.43. The molecule has 0 saturated carbocycles. The Labute approximate surface area is 208 Å². The number of anilines is 1. The number of hydrogen-bond acceptors (Lipinski definition) is 3. The SMILES string of the molecule is C[C@@H](NC(=O)c1cccc(N2C(=O)N3CCc4c([nH]c5ccccc45)[C@@]3(C)C2=O)c1)c1ccccc1. The normalized spacial score (nSPS) is 19.8. The van der Waals surface area contributed by atoms with Crippen LogP contribution in [0, 0.1) is 0 Å². The number of para-hydroxylation sites is 1. The second kappa shape index (κ2) is 8.09. The standard InChI is InChI=1S/C29H26N4O3/c1-18(19-9-4-3-5-10-19)30-26(34)20-11-8-12-21(17-20)33-27(35)29(2)25-23(15-16-32(29)28(33)36)22-13-6-7-14-24(22)31-25/h3-14,17-18,31H,15-16H2,1-2H3,(H,30,34)/t18-,29+/m1/s1. The number of benzene rings is 3. The van der Waals surface area contributed by atoms with E-state index < -0.39 is 5.54 Å². The van der Waals surface area contributed by atoms with Crippen LogP contribution in [-0.2, 0) is 16.8 Å². The van der Waals surface area contributed by atoms with Gasteiger partial charge in [-0.25, -0.2) is 9.69 Å². The van der Waals surface area contributed by atoms with E-state index in [1.165, 1.54) is 4.90 Å². The van der Waals surface area contributed by atoms with Gasteiger partial charge in [-0.3, -0.25) is 9.59 Å². The zero-order valence-electron chi connectivity index (χ0n) is 20.1. The van der Waals surface area contributed by atoms with E-state index in [9.17, 15) is 14.4 Å². The van der Waals surface area contributed by atoms with E-state index in [0.29, 0.717) is 24.2 Å². The minimum Gasteiger partial charge on any atom is -0.356 e. The molecule has 4 aromatic rings. The number of hydrogen-bond donors (Lipinski definition) is 2. The maximum Gasteiger partial charge on any atom is 0.332 e. The Hall–Kier alpha value is -4.39. The van der Waals surface area contributed by atoms with Gasteiger partial charge in [-0.1, -0.05) is 54.6 Å². The largest absolute Gasteiger partial charge is 0.356 e. The lowest BCUT2D eigenvalue weighted by molar-refractivity contribution is -0.125. The Balaban J connectivity index is 1.33. The van der Waals surface area contributed by atoms with Gasteiger partial charge in [0.25, 0.3) is 11.8 Å². The maximum absolute atomic E-state index is 13.9. The van der Waals surface area contributed by atoms with Crippen molar-refractivity contribution in [2.45, 2.75) is 31.8 Å². The molecule has 7 heteroatoms. The summed E-state index contributed by atoms with van der Waals surface area (Å²) < 4.78 is 0. The number of aromatic amines is 1. The van der Waals surface area contributed by atoms with Gasteiger partial charge in [-0.05, 0) is 55.7 Å². The highest BCUT2D eigenvalue weighted by Crippen LogP contribution is 2.45. The van der Waals surface area contributed by atoms with Crippen molar-refractivity contribution in [2.75, 3.05) is 11.4 Å². The van der Waals surface area contributed by atoms with E-state index >= 15 is 0 Å². The van der Waals surface area contributed by atoms with Crippen molar-refractivity contribution in [1.82, 2.24) is 15.2 Å². The van der Waals surface area contributed by atoms with Crippen LogP contribution in [0.2, 0.25) is 0 Å². The summed E-state index contributed by atoms with van der Waals surface area (Å²) in [5.74, 6) is -0.593. The molecule has 0 radical (unpaired) electrons. The van der Waals surface area contributed by atoms with Gasteiger partial charge in [0.15, 0.2) is 5.54 Å². The first kappa shape index (κ1) is 22.1. The molecule has 2 atom stereocenters. The number of nitrogens with zero attached hydrogens (tertiary/aromatic N) is 2. The number of rotatable bonds is 4. The number of carbonyl (C=O) groups excluding carboxylic acids is 3. The van der Waals surface area contributed by atoms with Gasteiger partial charge in [0.1, 0.15) is 0 Å². The number of amides is 4. The molecule has 0 aliphatic carbocycles. The highest BCUT2D eigenvalue weighted by atomic mass is 16.2. The molecule has 0 bridgehead atoms. The third-order valence-electron chi connectivity index (χ3n) is 7.48. The van der Waals surface area contributed by atoms with Crippen molar-refractivity contribution >= 4 is 34.4 Å². The lowest BCUT2D eigenvalue weighted by Crippen LogP contribution is -2.49. The summed E-state index contributed by atoms with van der Waals surface area (Å²) in [7, 11) is 0. The fraction of sp³-hybridized carbons (Fsp3) is 0.207. The third kappa shape index (κ3) is 3.16. The van der Waals surface area contributed by atoms with E-state index in [1.54, 1.807) is 36.1 Å². The predicted octanol–water partition coefficient (Wildman–Crippen LogP) is 4.90. The first-order valence-corrected chi connectivity index (χ1v) is 12.1. The minimum atomic E-state index is -1.14. The molecule has 2 N–H and O–H groups in total. The highest BCUT2D eigenvalue weighted by Gasteiger charge is 2.59. The number of fused-ring (bicyclic) bond motifs is 5. The molecule has 1 fully saturated rings. The quantitative estimate of drug-likeness (QED) is 0.409. The Kier molecular flexibility index (Phi) is 4.96. The van der Waals surface area contributed by atoms with Gasteiger partial charge < -0.3 is 15.2 Å². The Morgan fingerprint density at radius 3 is 2.56 bits per heavy atom. The molecule has 36 heavy (non-hydrogen) atoms. The average Bonchev–Trinajstić information content (AvgIpc) is 3.38. The summed E-state index contributed by atoms with van der Waals surface area (Å²) in [4.78, 5) is 46.7. The third-order valence-corrected chi connectivity index (χ3v) is 7.48. The molecular formula is C29H26N4O3. The van der Waals surface area contributed by atoms with Crippen molar-refractivity contribution in [2.24, 2.45) is 0 Å². The summed E-state index contributed by atoms with van der Waals surface area (Å²) in [6.07, 6.45) is 0.668. The van der Waals surface area contributed by atoms with Gasteiger partial charge in [0.2, 0.25) is 0 Å². The van der Waals surface area contributed by atoms with Crippen LogP contribution in [-0.4, -0.2) is 34.3 Å². The van der Waals surface area contributed by atoms with Crippen molar-refractivity contribution in [3.63, 3.8) is 0 Å². The van der Waals surface area contributed by atoms with Crippen LogP contribution in [0.15, 0.2) is 78.9 Å². The van der Waals surface area contributed by atoms with E-state index in [2.05, 4.69) is 10.3 Å². The Bertz CT molecular complexity index is 1530. The van der Waals surface area contributed by atoms with Crippen LogP contribution in [0.1, 0.15) is 47.1 Å². The molecule has 3 heterocycles. The number of imide groups is 1. The van der Waals surface area contributed by atoms with Gasteiger partial charge in [-0.15, -0.1) is 0 Å². The topological polar surface area (TPSA) is 85.5 Å². The first-order chi connectivity index (χ1) is 17.4. The van der Waals surface area contributed by atoms with Crippen LogP contribution in [0.25, 0.3) is 10.9 Å². The zero-order chi connectivity index (χ0) is 25.0. The number of H-pyrrole nitrogens is 1. The second-order valence-corrected chi connectivity index (χ2v) is 9.58. The number of urea groups is 1. The summed E-state index contributed by atoms with van der Waals surface area (Å²) in [5, 5.41) is 4.08. The van der Waals surface area contributed by atoms with Crippen LogP contribution in [0.5, 0.6) is 0 Å². The maximum atomic E-state index is 13.9. The van der Waals surface area contributed by atoms with Gasteiger partial charge in [-0.2, -0.15) is 0 Å². The molecule has 1 saturated heterocycles. The van der Waals surface area contributed by atoms with E-state index in [-0.39, 0.29) is 23.9 Å². The van der Waals surface area contributed by atoms with Gasteiger partial charge in [0.05, 0.1) is 17.4 Å². The van der Waals surface area contributed by atoms with Crippen molar-refractivity contribution in [1.29, 1.82) is 0 Å². The van der Waals surface area contributed by atoms with Crippen molar-refractivity contribution < 1.29 is 14.4 Å². The van der Waals surface area contributed by atoms with E-state index in [4.69, 9.17) is 0 Å². The molecule has 0 unspecified atom stereocenters. The highest BCUT2D eigenvalue weighted by molar-refractivity contribution is 6.24. The summed E-state index contributed by atoms with van der Waals surface area (Å²) in [6, 6.07) is 23.8. The molecular weight excluding hydrogens is 452 g/mol. The molecule has 4 amide bonds. The minimum absolute atomic E-state index is 0.189. The molecule has 3 aromatic carbocycles. The van der Waals surface area contributed by atoms with Crippen LogP contribution < -0.4 is 10.2 Å². The monoisotopic (exact) mass is 478 g/mol. The molecule has 2 aliphatic rings. The smallest absolute Gasteiger partial charge is 0.332 e.